The summed E-state index contributed by atoms with van der Waals surface area (Å²) in [5.74, 6) is -0.755. The number of nitrogens with zero attached hydrogens (tertiary/aromatic N) is 4. The zero-order valence-corrected chi connectivity index (χ0v) is 13.8. The second kappa shape index (κ2) is 7.58. The van der Waals surface area contributed by atoms with Crippen LogP contribution in [0, 0.1) is 0 Å². The Balaban J connectivity index is 1.58. The zero-order valence-electron chi connectivity index (χ0n) is 13.8. The minimum Gasteiger partial charge on any atom is -0.390 e. The predicted octanol–water partition coefficient (Wildman–Crippen LogP) is -1.36. The van der Waals surface area contributed by atoms with E-state index < -0.39 is 18.0 Å². The highest BCUT2D eigenvalue weighted by molar-refractivity contribution is 6.04. The molecule has 0 radical (unpaired) electrons. The summed E-state index contributed by atoms with van der Waals surface area (Å²) in [6.45, 7) is 1.84. The van der Waals surface area contributed by atoms with Crippen molar-refractivity contribution >= 4 is 17.8 Å². The molecule has 2 aliphatic rings. The molecular weight excluding hydrogens is 326 g/mol. The molecule has 0 unspecified atom stereocenters. The standard InChI is InChI=1S/C16H21N5O4/c22-13-9-19(8-12-3-1-2-4-17-12)5-6-20(10-13)15(24)11-21-14(23)7-18-16(21)25/h1-4,13,22H,5-11H2,(H,18,25)/t13-/m0/s1. The average Bonchev–Trinajstić information content (AvgIpc) is 2.80. The van der Waals surface area contributed by atoms with Gasteiger partial charge in [0.25, 0.3) is 5.91 Å². The lowest BCUT2D eigenvalue weighted by Gasteiger charge is -2.23. The first-order valence-electron chi connectivity index (χ1n) is 8.19. The molecule has 0 bridgehead atoms. The van der Waals surface area contributed by atoms with Gasteiger partial charge in [-0.3, -0.25) is 24.4 Å². The molecule has 4 amide bonds. The number of rotatable bonds is 4. The lowest BCUT2D eigenvalue weighted by molar-refractivity contribution is -0.137. The van der Waals surface area contributed by atoms with Crippen molar-refractivity contribution in [1.82, 2.24) is 25.0 Å². The van der Waals surface area contributed by atoms with Crippen molar-refractivity contribution in [1.29, 1.82) is 0 Å². The molecule has 25 heavy (non-hydrogen) atoms. The van der Waals surface area contributed by atoms with Gasteiger partial charge in [-0.05, 0) is 12.1 Å². The third kappa shape index (κ3) is 4.31. The normalized spacial score (nSPS) is 22.0. The number of pyridine rings is 1. The Morgan fingerprint density at radius 3 is 2.80 bits per heavy atom. The third-order valence-corrected chi connectivity index (χ3v) is 4.28. The molecule has 3 heterocycles. The number of amides is 4. The second-order valence-corrected chi connectivity index (χ2v) is 6.19. The van der Waals surface area contributed by atoms with E-state index in [-0.39, 0.29) is 25.5 Å². The number of carbonyl (C=O) groups is 3. The quantitative estimate of drug-likeness (QED) is 0.652. The van der Waals surface area contributed by atoms with Gasteiger partial charge in [-0.1, -0.05) is 6.07 Å². The van der Waals surface area contributed by atoms with E-state index in [9.17, 15) is 19.5 Å². The van der Waals surface area contributed by atoms with Crippen LogP contribution >= 0.6 is 0 Å². The Kier molecular flexibility index (Phi) is 5.25. The SMILES string of the molecule is O=C(CN1C(=O)CNC1=O)N1CCN(Cc2ccccn2)C[C@H](O)C1. The summed E-state index contributed by atoms with van der Waals surface area (Å²) < 4.78 is 0. The van der Waals surface area contributed by atoms with Crippen molar-refractivity contribution in [3.05, 3.63) is 30.1 Å². The molecular formula is C16H21N5O4. The van der Waals surface area contributed by atoms with Crippen LogP contribution in [0.25, 0.3) is 0 Å². The molecule has 9 nitrogen and oxygen atoms in total. The summed E-state index contributed by atoms with van der Waals surface area (Å²) in [6.07, 6.45) is 1.02. The first-order valence-corrected chi connectivity index (χ1v) is 8.19. The molecule has 9 heteroatoms. The Morgan fingerprint density at radius 2 is 2.12 bits per heavy atom. The van der Waals surface area contributed by atoms with Gasteiger partial charge in [0.2, 0.25) is 5.91 Å². The molecule has 134 valence electrons. The number of aliphatic hydroxyl groups is 1. The van der Waals surface area contributed by atoms with Gasteiger partial charge in [-0.15, -0.1) is 0 Å². The fourth-order valence-corrected chi connectivity index (χ4v) is 3.00. The number of urea groups is 1. The maximum absolute atomic E-state index is 12.4. The van der Waals surface area contributed by atoms with E-state index in [0.29, 0.717) is 26.2 Å². The van der Waals surface area contributed by atoms with Gasteiger partial charge in [-0.25, -0.2) is 4.79 Å². The van der Waals surface area contributed by atoms with Crippen LogP contribution in [0.1, 0.15) is 5.69 Å². The highest BCUT2D eigenvalue weighted by atomic mass is 16.3. The largest absolute Gasteiger partial charge is 0.390 e. The second-order valence-electron chi connectivity index (χ2n) is 6.19. The van der Waals surface area contributed by atoms with E-state index in [2.05, 4.69) is 10.3 Å². The van der Waals surface area contributed by atoms with E-state index in [0.717, 1.165) is 10.6 Å². The van der Waals surface area contributed by atoms with Crippen molar-refractivity contribution in [2.45, 2.75) is 12.6 Å². The van der Waals surface area contributed by atoms with E-state index >= 15 is 0 Å². The maximum atomic E-state index is 12.4. The topological polar surface area (TPSA) is 106 Å². The summed E-state index contributed by atoms with van der Waals surface area (Å²) in [4.78, 5) is 44.3. The highest BCUT2D eigenvalue weighted by Crippen LogP contribution is 2.09. The van der Waals surface area contributed by atoms with E-state index in [1.807, 2.05) is 23.1 Å². The predicted molar refractivity (Wildman–Crippen MR) is 87.2 cm³/mol. The van der Waals surface area contributed by atoms with E-state index in [4.69, 9.17) is 0 Å². The number of hydrogen-bond acceptors (Lipinski definition) is 6. The van der Waals surface area contributed by atoms with Crippen molar-refractivity contribution in [2.75, 3.05) is 39.3 Å². The van der Waals surface area contributed by atoms with Gasteiger partial charge in [-0.2, -0.15) is 0 Å². The first-order chi connectivity index (χ1) is 12.0. The minimum absolute atomic E-state index is 0.0768. The Bertz CT molecular complexity index is 637. The fourth-order valence-electron chi connectivity index (χ4n) is 3.00. The molecule has 1 aromatic heterocycles. The smallest absolute Gasteiger partial charge is 0.325 e. The van der Waals surface area contributed by atoms with Crippen LogP contribution in [-0.4, -0.2) is 88.0 Å². The van der Waals surface area contributed by atoms with Crippen molar-refractivity contribution in [2.24, 2.45) is 0 Å². The summed E-state index contributed by atoms with van der Waals surface area (Å²) >= 11 is 0. The molecule has 0 aromatic carbocycles. The number of hydrogen-bond donors (Lipinski definition) is 2. The van der Waals surface area contributed by atoms with Crippen LogP contribution < -0.4 is 5.32 Å². The number of carbonyl (C=O) groups excluding carboxylic acids is 3. The summed E-state index contributed by atoms with van der Waals surface area (Å²) in [7, 11) is 0. The molecule has 2 aliphatic heterocycles. The molecule has 2 N–H and O–H groups in total. The summed E-state index contributed by atoms with van der Waals surface area (Å²) in [6, 6.07) is 5.12. The van der Waals surface area contributed by atoms with Crippen LogP contribution in [0.15, 0.2) is 24.4 Å². The van der Waals surface area contributed by atoms with Crippen molar-refractivity contribution in [3.8, 4) is 0 Å². The third-order valence-electron chi connectivity index (χ3n) is 4.28. The molecule has 2 fully saturated rings. The van der Waals surface area contributed by atoms with E-state index in [1.54, 1.807) is 6.20 Å². The van der Waals surface area contributed by atoms with Gasteiger partial charge in [0, 0.05) is 38.9 Å². The van der Waals surface area contributed by atoms with Crippen molar-refractivity contribution < 1.29 is 19.5 Å². The van der Waals surface area contributed by atoms with Crippen LogP contribution in [0.5, 0.6) is 0 Å². The average molecular weight is 347 g/mol. The monoisotopic (exact) mass is 347 g/mol. The number of aromatic nitrogens is 1. The Morgan fingerprint density at radius 1 is 1.28 bits per heavy atom. The number of aliphatic hydroxyl groups excluding tert-OH is 1. The number of β-amino-alcohol motifs (C(OH)–C–C–N with tert-alkyl or cyclic N) is 1. The van der Waals surface area contributed by atoms with Gasteiger partial charge < -0.3 is 15.3 Å². The molecule has 0 saturated carbocycles. The first kappa shape index (κ1) is 17.3. The highest BCUT2D eigenvalue weighted by Gasteiger charge is 2.33. The minimum atomic E-state index is -0.696. The molecule has 0 aliphatic carbocycles. The lowest BCUT2D eigenvalue weighted by Crippen LogP contribution is -2.45. The molecule has 2 saturated heterocycles. The molecule has 3 rings (SSSR count). The Hall–Kier alpha value is -2.52. The van der Waals surface area contributed by atoms with Crippen molar-refractivity contribution in [3.63, 3.8) is 0 Å². The molecule has 1 aromatic rings. The van der Waals surface area contributed by atoms with Crippen LogP contribution in [0.3, 0.4) is 0 Å². The van der Waals surface area contributed by atoms with Gasteiger partial charge in [0.15, 0.2) is 0 Å². The molecule has 0 spiro atoms. The summed E-state index contributed by atoms with van der Waals surface area (Å²) in [5.41, 5.74) is 0.897. The van der Waals surface area contributed by atoms with Crippen LogP contribution in [0.4, 0.5) is 4.79 Å². The van der Waals surface area contributed by atoms with Crippen LogP contribution in [-0.2, 0) is 16.1 Å². The summed E-state index contributed by atoms with van der Waals surface area (Å²) in [5, 5.41) is 12.6. The number of imide groups is 1. The Labute approximate surface area is 145 Å². The lowest BCUT2D eigenvalue weighted by atomic mass is 10.3. The molecule has 1 atom stereocenters. The number of nitrogens with one attached hydrogen (secondary N) is 1. The zero-order chi connectivity index (χ0) is 17.8. The van der Waals surface area contributed by atoms with Gasteiger partial charge in [0.1, 0.15) is 6.54 Å². The maximum Gasteiger partial charge on any atom is 0.325 e. The van der Waals surface area contributed by atoms with Gasteiger partial charge >= 0.3 is 6.03 Å². The fraction of sp³-hybridized carbons (Fsp3) is 0.500. The van der Waals surface area contributed by atoms with E-state index in [1.165, 1.54) is 4.90 Å². The van der Waals surface area contributed by atoms with Crippen LogP contribution in [0.2, 0.25) is 0 Å². The van der Waals surface area contributed by atoms with Gasteiger partial charge in [0.05, 0.1) is 18.3 Å².